The first-order valence-corrected chi connectivity index (χ1v) is 7.92. The molecule has 1 unspecified atom stereocenters. The van der Waals surface area contributed by atoms with E-state index in [9.17, 15) is 4.79 Å². The van der Waals surface area contributed by atoms with Gasteiger partial charge in [-0.1, -0.05) is 17.7 Å². The number of benzene rings is 1. The lowest BCUT2D eigenvalue weighted by Crippen LogP contribution is -2.31. The van der Waals surface area contributed by atoms with Crippen LogP contribution in [0.4, 0.5) is 11.6 Å². The number of fused-ring (bicyclic) bond motifs is 1. The number of furan rings is 1. The van der Waals surface area contributed by atoms with Gasteiger partial charge < -0.3 is 15.1 Å². The summed E-state index contributed by atoms with van der Waals surface area (Å²) in [4.78, 5) is 17.2. The normalized spacial score (nSPS) is 16.3. The van der Waals surface area contributed by atoms with Gasteiger partial charge in [0.05, 0.1) is 11.8 Å². The smallest absolute Gasteiger partial charge is 0.256 e. The van der Waals surface area contributed by atoms with Gasteiger partial charge in [0.1, 0.15) is 18.1 Å². The van der Waals surface area contributed by atoms with Crippen LogP contribution in [0.5, 0.6) is 0 Å². The molecule has 1 amide bonds. The molecule has 1 atom stereocenters. The van der Waals surface area contributed by atoms with Crippen molar-refractivity contribution in [2.45, 2.75) is 19.9 Å². The number of aromatic nitrogens is 3. The Labute approximate surface area is 144 Å². The van der Waals surface area contributed by atoms with Gasteiger partial charge >= 0.3 is 0 Å². The average Bonchev–Trinajstić information content (AvgIpc) is 3.26. The van der Waals surface area contributed by atoms with Crippen LogP contribution in [0.25, 0.3) is 0 Å². The van der Waals surface area contributed by atoms with Gasteiger partial charge in [-0.05, 0) is 38.1 Å². The van der Waals surface area contributed by atoms with Crippen molar-refractivity contribution >= 4 is 17.5 Å². The Kier molecular flexibility index (Phi) is 3.61. The van der Waals surface area contributed by atoms with Crippen molar-refractivity contribution in [2.24, 2.45) is 0 Å². The third kappa shape index (κ3) is 2.69. The van der Waals surface area contributed by atoms with Crippen molar-refractivity contribution < 1.29 is 9.21 Å². The highest BCUT2D eigenvalue weighted by Gasteiger charge is 2.35. The maximum Gasteiger partial charge on any atom is 0.256 e. The molecule has 3 aromatic rings. The van der Waals surface area contributed by atoms with Crippen molar-refractivity contribution in [1.29, 1.82) is 0 Å². The number of carbonyl (C=O) groups is 1. The van der Waals surface area contributed by atoms with E-state index in [-0.39, 0.29) is 5.91 Å². The van der Waals surface area contributed by atoms with E-state index in [4.69, 9.17) is 4.42 Å². The Morgan fingerprint density at radius 2 is 2.04 bits per heavy atom. The highest BCUT2D eigenvalue weighted by atomic mass is 16.3. The van der Waals surface area contributed by atoms with Crippen molar-refractivity contribution in [1.82, 2.24) is 14.8 Å². The Bertz CT molecular complexity index is 938. The van der Waals surface area contributed by atoms with Gasteiger partial charge in [-0.25, -0.2) is 4.68 Å². The maximum absolute atomic E-state index is 13.0. The van der Waals surface area contributed by atoms with Crippen molar-refractivity contribution in [3.63, 3.8) is 0 Å². The minimum absolute atomic E-state index is 0.212. The monoisotopic (exact) mass is 335 g/mol. The zero-order chi connectivity index (χ0) is 17.4. The Balaban J connectivity index is 1.72. The van der Waals surface area contributed by atoms with Gasteiger partial charge in [0.2, 0.25) is 5.95 Å². The molecule has 1 aromatic carbocycles. The molecule has 126 valence electrons. The summed E-state index contributed by atoms with van der Waals surface area (Å²) < 4.78 is 7.21. The predicted molar refractivity (Wildman–Crippen MR) is 93.0 cm³/mol. The fourth-order valence-electron chi connectivity index (χ4n) is 2.93. The topological polar surface area (TPSA) is 85.0 Å². The second-order valence-corrected chi connectivity index (χ2v) is 5.93. The predicted octanol–water partition coefficient (Wildman–Crippen LogP) is 3.11. The lowest BCUT2D eigenvalue weighted by molar-refractivity contribution is -0.113. The molecule has 0 fully saturated rings. The van der Waals surface area contributed by atoms with Crippen molar-refractivity contribution in [3.8, 4) is 0 Å². The number of carbonyl (C=O) groups excluding carboxylic acids is 1. The third-order valence-corrected chi connectivity index (χ3v) is 4.16. The van der Waals surface area contributed by atoms with Crippen molar-refractivity contribution in [2.75, 3.05) is 10.6 Å². The van der Waals surface area contributed by atoms with Crippen LogP contribution >= 0.6 is 0 Å². The summed E-state index contributed by atoms with van der Waals surface area (Å²) in [6.45, 7) is 3.85. The quantitative estimate of drug-likeness (QED) is 0.768. The minimum Gasteiger partial charge on any atom is -0.467 e. The van der Waals surface area contributed by atoms with E-state index in [0.717, 1.165) is 11.3 Å². The lowest BCUT2D eigenvalue weighted by Gasteiger charge is -2.27. The van der Waals surface area contributed by atoms with E-state index in [1.807, 2.05) is 44.2 Å². The first kappa shape index (κ1) is 15.2. The molecule has 0 saturated carbocycles. The number of hydrogen-bond donors (Lipinski definition) is 2. The first-order valence-electron chi connectivity index (χ1n) is 7.92. The Morgan fingerprint density at radius 3 is 2.76 bits per heavy atom. The van der Waals surface area contributed by atoms with Crippen LogP contribution < -0.4 is 10.6 Å². The fraction of sp³-hybridized carbons (Fsp3) is 0.167. The molecule has 1 aliphatic rings. The molecular weight excluding hydrogens is 318 g/mol. The highest BCUT2D eigenvalue weighted by Crippen LogP contribution is 2.35. The largest absolute Gasteiger partial charge is 0.467 e. The molecule has 0 saturated heterocycles. The number of allylic oxidation sites excluding steroid dienone is 1. The van der Waals surface area contributed by atoms with Gasteiger partial charge in [0, 0.05) is 11.4 Å². The number of amides is 1. The molecule has 2 aromatic heterocycles. The fourth-order valence-corrected chi connectivity index (χ4v) is 2.93. The molecule has 0 radical (unpaired) electrons. The van der Waals surface area contributed by atoms with Crippen LogP contribution in [0.3, 0.4) is 0 Å². The van der Waals surface area contributed by atoms with Crippen LogP contribution in [0.1, 0.15) is 24.3 Å². The summed E-state index contributed by atoms with van der Waals surface area (Å²) in [7, 11) is 0. The molecule has 3 heterocycles. The van der Waals surface area contributed by atoms with Crippen LogP contribution in [0.15, 0.2) is 64.7 Å². The summed E-state index contributed by atoms with van der Waals surface area (Å²) in [6.07, 6.45) is 3.03. The Morgan fingerprint density at radius 1 is 1.24 bits per heavy atom. The molecule has 0 aliphatic carbocycles. The molecule has 2 N–H and O–H groups in total. The number of nitrogens with one attached hydrogen (secondary N) is 2. The maximum atomic E-state index is 13.0. The van der Waals surface area contributed by atoms with Crippen LogP contribution in [-0.4, -0.2) is 20.7 Å². The third-order valence-electron chi connectivity index (χ3n) is 4.16. The molecule has 4 rings (SSSR count). The highest BCUT2D eigenvalue weighted by molar-refractivity contribution is 6.05. The summed E-state index contributed by atoms with van der Waals surface area (Å²) >= 11 is 0. The van der Waals surface area contributed by atoms with Crippen LogP contribution in [-0.2, 0) is 4.79 Å². The summed E-state index contributed by atoms with van der Waals surface area (Å²) in [5.74, 6) is 0.990. The summed E-state index contributed by atoms with van der Waals surface area (Å²) in [5.41, 5.74) is 3.12. The zero-order valence-corrected chi connectivity index (χ0v) is 13.9. The molecule has 7 heteroatoms. The second-order valence-electron chi connectivity index (χ2n) is 5.93. The van der Waals surface area contributed by atoms with Gasteiger partial charge in [0.25, 0.3) is 5.91 Å². The minimum atomic E-state index is -0.473. The van der Waals surface area contributed by atoms with Crippen LogP contribution in [0, 0.1) is 6.92 Å². The van der Waals surface area contributed by atoms with E-state index in [2.05, 4.69) is 20.7 Å². The standard InChI is InChI=1S/C18H17N5O2/c1-11-5-7-13(8-6-11)22-17(24)15-12(2)21-18-19-10-20-23(18)16(15)14-4-3-9-25-14/h3-10,16H,1-2H3,(H,22,24)(H,19,20,21). The first-order chi connectivity index (χ1) is 12.1. The van der Waals surface area contributed by atoms with E-state index in [1.165, 1.54) is 6.33 Å². The number of aryl methyl sites for hydroxylation is 1. The molecule has 0 spiro atoms. The number of hydrogen-bond acceptors (Lipinski definition) is 5. The lowest BCUT2D eigenvalue weighted by atomic mass is 10.00. The van der Waals surface area contributed by atoms with E-state index >= 15 is 0 Å². The molecule has 1 aliphatic heterocycles. The SMILES string of the molecule is CC1=C(C(=O)Nc2ccc(C)cc2)C(c2ccco2)n2ncnc2N1. The number of anilines is 2. The van der Waals surface area contributed by atoms with Gasteiger partial charge in [-0.2, -0.15) is 10.1 Å². The molecule has 0 bridgehead atoms. The van der Waals surface area contributed by atoms with Crippen molar-refractivity contribution in [3.05, 3.63) is 71.6 Å². The average molecular weight is 335 g/mol. The van der Waals surface area contributed by atoms with Gasteiger partial charge in [-0.3, -0.25) is 4.79 Å². The molecular formula is C18H17N5O2. The van der Waals surface area contributed by atoms with E-state index in [0.29, 0.717) is 23.0 Å². The second kappa shape index (κ2) is 5.94. The van der Waals surface area contributed by atoms with E-state index in [1.54, 1.807) is 17.0 Å². The molecule has 7 nitrogen and oxygen atoms in total. The van der Waals surface area contributed by atoms with Gasteiger partial charge in [-0.15, -0.1) is 0 Å². The number of rotatable bonds is 3. The Hall–Kier alpha value is -3.35. The van der Waals surface area contributed by atoms with E-state index < -0.39 is 6.04 Å². The summed E-state index contributed by atoms with van der Waals surface area (Å²) in [6, 6.07) is 10.8. The zero-order valence-electron chi connectivity index (χ0n) is 13.9. The summed E-state index contributed by atoms with van der Waals surface area (Å²) in [5, 5.41) is 10.3. The van der Waals surface area contributed by atoms with Crippen LogP contribution in [0.2, 0.25) is 0 Å². The number of nitrogens with zero attached hydrogens (tertiary/aromatic N) is 3. The van der Waals surface area contributed by atoms with Gasteiger partial charge in [0.15, 0.2) is 0 Å². The molecule has 25 heavy (non-hydrogen) atoms.